The maximum absolute atomic E-state index is 13.2. The first-order valence-electron chi connectivity index (χ1n) is 4.43. The topological polar surface area (TPSA) is 30.0 Å². The number of nitrogens with zero attached hydrogens (tertiary/aromatic N) is 1. The number of ketones is 1. The Labute approximate surface area is 90.4 Å². The van der Waals surface area contributed by atoms with Crippen LogP contribution in [0.2, 0.25) is 0 Å². The van der Waals surface area contributed by atoms with Crippen LogP contribution in [0.15, 0.2) is 35.8 Å². The van der Waals surface area contributed by atoms with Crippen molar-refractivity contribution in [2.75, 3.05) is 0 Å². The lowest BCUT2D eigenvalue weighted by molar-refractivity contribution is 0.0989. The molecule has 0 aliphatic carbocycles. The van der Waals surface area contributed by atoms with E-state index < -0.39 is 5.82 Å². The monoisotopic (exact) mass is 221 g/mol. The molecule has 0 saturated carbocycles. The summed E-state index contributed by atoms with van der Waals surface area (Å²) >= 11 is 1.40. The average Bonchev–Trinajstić information content (AvgIpc) is 2.71. The molecule has 76 valence electrons. The molecule has 4 heteroatoms. The first-order chi connectivity index (χ1) is 7.27. The molecule has 2 nitrogen and oxygen atoms in total. The quantitative estimate of drug-likeness (QED) is 0.746. The lowest BCUT2D eigenvalue weighted by Gasteiger charge is -1.99. The molecule has 0 bridgehead atoms. The van der Waals surface area contributed by atoms with Gasteiger partial charge in [0.25, 0.3) is 0 Å². The Kier molecular flexibility index (Phi) is 2.87. The van der Waals surface area contributed by atoms with Crippen LogP contribution in [0.5, 0.6) is 0 Å². The van der Waals surface area contributed by atoms with Crippen molar-refractivity contribution in [2.45, 2.75) is 6.42 Å². The predicted molar refractivity (Wildman–Crippen MR) is 56.5 cm³/mol. The SMILES string of the molecule is O=C(Cc1nccs1)c1ccccc1F. The highest BCUT2D eigenvalue weighted by molar-refractivity contribution is 7.09. The van der Waals surface area contributed by atoms with Gasteiger partial charge in [-0.3, -0.25) is 4.79 Å². The zero-order valence-corrected chi connectivity index (χ0v) is 8.63. The number of rotatable bonds is 3. The van der Waals surface area contributed by atoms with Crippen LogP contribution < -0.4 is 0 Å². The van der Waals surface area contributed by atoms with Crippen molar-refractivity contribution in [1.82, 2.24) is 4.98 Å². The van der Waals surface area contributed by atoms with Crippen molar-refractivity contribution >= 4 is 17.1 Å². The van der Waals surface area contributed by atoms with Crippen molar-refractivity contribution in [2.24, 2.45) is 0 Å². The fraction of sp³-hybridized carbons (Fsp3) is 0.0909. The number of hydrogen-bond acceptors (Lipinski definition) is 3. The van der Waals surface area contributed by atoms with Gasteiger partial charge in [-0.15, -0.1) is 11.3 Å². The molecule has 1 aromatic carbocycles. The molecule has 0 atom stereocenters. The summed E-state index contributed by atoms with van der Waals surface area (Å²) in [6, 6.07) is 5.99. The molecule has 0 N–H and O–H groups in total. The van der Waals surface area contributed by atoms with Crippen molar-refractivity contribution in [3.05, 3.63) is 52.2 Å². The summed E-state index contributed by atoms with van der Waals surface area (Å²) in [7, 11) is 0. The van der Waals surface area contributed by atoms with E-state index in [2.05, 4.69) is 4.98 Å². The van der Waals surface area contributed by atoms with E-state index in [0.717, 1.165) is 0 Å². The minimum Gasteiger partial charge on any atom is -0.294 e. The summed E-state index contributed by atoms with van der Waals surface area (Å²) in [5.41, 5.74) is 0.132. The summed E-state index contributed by atoms with van der Waals surface area (Å²) in [4.78, 5) is 15.6. The number of thiazole rings is 1. The summed E-state index contributed by atoms with van der Waals surface area (Å²) < 4.78 is 13.2. The maximum atomic E-state index is 13.2. The number of carbonyl (C=O) groups is 1. The Hall–Kier alpha value is -1.55. The van der Waals surface area contributed by atoms with Crippen LogP contribution in [-0.2, 0) is 6.42 Å². The van der Waals surface area contributed by atoms with Crippen molar-refractivity contribution < 1.29 is 9.18 Å². The standard InChI is InChI=1S/C11H8FNOS/c12-9-4-2-1-3-8(9)10(14)7-11-13-5-6-15-11/h1-6H,7H2. The van der Waals surface area contributed by atoms with Gasteiger partial charge in [-0.1, -0.05) is 12.1 Å². The zero-order valence-electron chi connectivity index (χ0n) is 7.81. The van der Waals surface area contributed by atoms with Crippen LogP contribution in [0.25, 0.3) is 0 Å². The second-order valence-corrected chi connectivity index (χ2v) is 3.98. The van der Waals surface area contributed by atoms with Gasteiger partial charge in [0.2, 0.25) is 0 Å². The van der Waals surface area contributed by atoms with E-state index in [-0.39, 0.29) is 17.8 Å². The lowest BCUT2D eigenvalue weighted by atomic mass is 10.1. The van der Waals surface area contributed by atoms with E-state index in [4.69, 9.17) is 0 Å². The molecule has 0 amide bonds. The molecule has 2 rings (SSSR count). The predicted octanol–water partition coefficient (Wildman–Crippen LogP) is 2.71. The third-order valence-electron chi connectivity index (χ3n) is 1.97. The second-order valence-electron chi connectivity index (χ2n) is 3.01. The van der Waals surface area contributed by atoms with Gasteiger partial charge in [0.1, 0.15) is 10.8 Å². The Balaban J connectivity index is 2.19. The summed E-state index contributed by atoms with van der Waals surface area (Å²) in [5.74, 6) is -0.706. The van der Waals surface area contributed by atoms with Crippen LogP contribution >= 0.6 is 11.3 Å². The molecule has 2 aromatic rings. The Morgan fingerprint density at radius 2 is 2.20 bits per heavy atom. The number of halogens is 1. The number of Topliss-reactive ketones (excluding diaryl/α,β-unsaturated/α-hetero) is 1. The van der Waals surface area contributed by atoms with Crippen molar-refractivity contribution in [3.8, 4) is 0 Å². The molecule has 0 aliphatic heterocycles. The van der Waals surface area contributed by atoms with Gasteiger partial charge in [0.05, 0.1) is 12.0 Å². The zero-order chi connectivity index (χ0) is 10.7. The molecule has 0 saturated heterocycles. The van der Waals surface area contributed by atoms with Crippen LogP contribution in [0, 0.1) is 5.82 Å². The van der Waals surface area contributed by atoms with E-state index in [9.17, 15) is 9.18 Å². The average molecular weight is 221 g/mol. The molecule has 0 fully saturated rings. The Bertz CT molecular complexity index is 467. The first-order valence-corrected chi connectivity index (χ1v) is 5.31. The highest BCUT2D eigenvalue weighted by Crippen LogP contribution is 2.12. The van der Waals surface area contributed by atoms with Crippen molar-refractivity contribution in [3.63, 3.8) is 0 Å². The molecule has 1 aromatic heterocycles. The van der Waals surface area contributed by atoms with Gasteiger partial charge in [0.15, 0.2) is 5.78 Å². The number of benzene rings is 1. The molecule has 0 spiro atoms. The van der Waals surface area contributed by atoms with Gasteiger partial charge < -0.3 is 0 Å². The van der Waals surface area contributed by atoms with Gasteiger partial charge in [0, 0.05) is 11.6 Å². The Morgan fingerprint density at radius 1 is 1.40 bits per heavy atom. The smallest absolute Gasteiger partial charge is 0.172 e. The van der Waals surface area contributed by atoms with Gasteiger partial charge in [-0.25, -0.2) is 9.37 Å². The van der Waals surface area contributed by atoms with Crippen molar-refractivity contribution in [1.29, 1.82) is 0 Å². The highest BCUT2D eigenvalue weighted by Gasteiger charge is 2.12. The molecule has 0 aliphatic rings. The maximum Gasteiger partial charge on any atom is 0.172 e. The molecule has 1 heterocycles. The largest absolute Gasteiger partial charge is 0.294 e. The van der Waals surface area contributed by atoms with E-state index >= 15 is 0 Å². The minimum absolute atomic E-state index is 0.132. The molecule has 0 unspecified atom stereocenters. The fourth-order valence-corrected chi connectivity index (χ4v) is 1.88. The van der Waals surface area contributed by atoms with Gasteiger partial charge in [-0.05, 0) is 12.1 Å². The van der Waals surface area contributed by atoms with E-state index in [1.165, 1.54) is 23.5 Å². The highest BCUT2D eigenvalue weighted by atomic mass is 32.1. The molecule has 0 radical (unpaired) electrons. The summed E-state index contributed by atoms with van der Waals surface area (Å²) in [6.07, 6.45) is 1.80. The van der Waals surface area contributed by atoms with Crippen LogP contribution in [0.4, 0.5) is 4.39 Å². The van der Waals surface area contributed by atoms with Gasteiger partial charge in [-0.2, -0.15) is 0 Å². The van der Waals surface area contributed by atoms with Crippen LogP contribution in [-0.4, -0.2) is 10.8 Å². The molecule has 15 heavy (non-hydrogen) atoms. The molecular weight excluding hydrogens is 213 g/mol. The van der Waals surface area contributed by atoms with E-state index in [0.29, 0.717) is 5.01 Å². The van der Waals surface area contributed by atoms with E-state index in [1.54, 1.807) is 23.7 Å². The Morgan fingerprint density at radius 3 is 2.87 bits per heavy atom. The van der Waals surface area contributed by atoms with Crippen LogP contribution in [0.1, 0.15) is 15.4 Å². The molecular formula is C11H8FNOS. The first kappa shape index (κ1) is 9.98. The minimum atomic E-state index is -0.473. The van der Waals surface area contributed by atoms with Crippen LogP contribution in [0.3, 0.4) is 0 Å². The third-order valence-corrected chi connectivity index (χ3v) is 2.75. The normalized spacial score (nSPS) is 10.2. The third kappa shape index (κ3) is 2.27. The fourth-order valence-electron chi connectivity index (χ4n) is 1.26. The lowest BCUT2D eigenvalue weighted by Crippen LogP contribution is -2.05. The summed E-state index contributed by atoms with van der Waals surface area (Å²) in [6.45, 7) is 0. The van der Waals surface area contributed by atoms with Gasteiger partial charge >= 0.3 is 0 Å². The number of aromatic nitrogens is 1. The number of carbonyl (C=O) groups excluding carboxylic acids is 1. The second kappa shape index (κ2) is 4.31. The number of hydrogen-bond donors (Lipinski definition) is 0. The van der Waals surface area contributed by atoms with E-state index in [1.807, 2.05) is 0 Å². The summed E-state index contributed by atoms with van der Waals surface area (Å²) in [5, 5.41) is 2.51.